The van der Waals surface area contributed by atoms with Crippen molar-refractivity contribution in [3.8, 4) is 11.2 Å². The molecule has 4 heteroatoms. The van der Waals surface area contributed by atoms with Crippen LogP contribution in [0.3, 0.4) is 0 Å². The van der Waals surface area contributed by atoms with Crippen LogP contribution in [0.25, 0.3) is 0 Å². The molecule has 0 fully saturated rings. The lowest BCUT2D eigenvalue weighted by Gasteiger charge is -1.93. The van der Waals surface area contributed by atoms with E-state index in [2.05, 4.69) is 29.1 Å². The van der Waals surface area contributed by atoms with Gasteiger partial charge in [-0.2, -0.15) is 0 Å². The summed E-state index contributed by atoms with van der Waals surface area (Å²) in [7, 11) is 0. The summed E-state index contributed by atoms with van der Waals surface area (Å²) in [5.74, 6) is 1.85. The second-order valence-electron chi connectivity index (χ2n) is 1.28. The van der Waals surface area contributed by atoms with Gasteiger partial charge in [-0.1, -0.05) is 12.6 Å². The van der Waals surface area contributed by atoms with Crippen LogP contribution in [0.5, 0.6) is 0 Å². The third-order valence-electron chi connectivity index (χ3n) is 0.599. The Bertz CT molecular complexity index is 147. The van der Waals surface area contributed by atoms with Crippen LogP contribution in [0.15, 0.2) is 0 Å². The van der Waals surface area contributed by atoms with Crippen molar-refractivity contribution in [3.63, 3.8) is 0 Å². The smallest absolute Gasteiger partial charge is 0.296 e. The van der Waals surface area contributed by atoms with Crippen LogP contribution in [0, 0.1) is 11.2 Å². The Balaban J connectivity index is 3.35. The molecule has 0 saturated heterocycles. The van der Waals surface area contributed by atoms with E-state index in [1.807, 2.05) is 0 Å². The highest BCUT2D eigenvalue weighted by Crippen LogP contribution is 1.63. The predicted molar refractivity (Wildman–Crippen MR) is 38.8 cm³/mol. The van der Waals surface area contributed by atoms with Gasteiger partial charge in [0.25, 0.3) is 5.91 Å². The first-order valence-corrected chi connectivity index (χ1v) is 2.89. The molecule has 0 heterocycles. The molecule has 1 amide bonds. The zero-order valence-corrected chi connectivity index (χ0v) is 5.74. The number of amides is 1. The highest BCUT2D eigenvalue weighted by Gasteiger charge is 1.88. The number of nitrogens with two attached hydrogens (primary N) is 1. The van der Waals surface area contributed by atoms with Crippen LogP contribution < -0.4 is 11.1 Å². The standard InChI is InChI=1S/C5H8N2OS/c6-2-3-7-5(8)1-4-9/h9H,2-3,6H2,(H,7,8). The lowest BCUT2D eigenvalue weighted by Crippen LogP contribution is -2.27. The van der Waals surface area contributed by atoms with Crippen molar-refractivity contribution < 1.29 is 4.79 Å². The van der Waals surface area contributed by atoms with Gasteiger partial charge < -0.3 is 11.1 Å². The second kappa shape index (κ2) is 5.48. The van der Waals surface area contributed by atoms with Crippen molar-refractivity contribution in [1.29, 1.82) is 0 Å². The molecule has 0 spiro atoms. The van der Waals surface area contributed by atoms with Crippen molar-refractivity contribution in [2.24, 2.45) is 5.73 Å². The lowest BCUT2D eigenvalue weighted by atomic mass is 10.6. The average molecular weight is 144 g/mol. The van der Waals surface area contributed by atoms with E-state index in [0.29, 0.717) is 13.1 Å². The van der Waals surface area contributed by atoms with E-state index in [4.69, 9.17) is 5.73 Å². The van der Waals surface area contributed by atoms with E-state index in [1.54, 1.807) is 0 Å². The summed E-state index contributed by atoms with van der Waals surface area (Å²) in [6, 6.07) is 0. The molecule has 0 aromatic rings. The van der Waals surface area contributed by atoms with Crippen molar-refractivity contribution in [2.45, 2.75) is 0 Å². The number of hydrogen-bond donors (Lipinski definition) is 3. The topological polar surface area (TPSA) is 55.1 Å². The van der Waals surface area contributed by atoms with E-state index in [9.17, 15) is 4.79 Å². The Kier molecular flexibility index (Phi) is 5.07. The van der Waals surface area contributed by atoms with Gasteiger partial charge in [0.1, 0.15) is 0 Å². The minimum Gasteiger partial charge on any atom is -0.344 e. The van der Waals surface area contributed by atoms with Gasteiger partial charge in [0.05, 0.1) is 0 Å². The molecule has 0 unspecified atom stereocenters. The summed E-state index contributed by atoms with van der Waals surface area (Å²) in [6.45, 7) is 0.890. The third kappa shape index (κ3) is 5.21. The summed E-state index contributed by atoms with van der Waals surface area (Å²) in [6.07, 6.45) is 0. The number of carbonyl (C=O) groups excluding carboxylic acids is 1. The summed E-state index contributed by atoms with van der Waals surface area (Å²) in [4.78, 5) is 10.4. The first-order valence-electron chi connectivity index (χ1n) is 2.44. The maximum atomic E-state index is 10.4. The molecule has 0 aromatic carbocycles. The van der Waals surface area contributed by atoms with Gasteiger partial charge in [0.15, 0.2) is 0 Å². The Morgan fingerprint density at radius 3 is 2.89 bits per heavy atom. The number of rotatable bonds is 2. The molecular weight excluding hydrogens is 136 g/mol. The fourth-order valence-corrected chi connectivity index (χ4v) is 0.382. The Labute approximate surface area is 59.4 Å². The number of thiol groups is 1. The Morgan fingerprint density at radius 1 is 1.78 bits per heavy atom. The quantitative estimate of drug-likeness (QED) is 0.342. The normalized spacial score (nSPS) is 7.33. The summed E-state index contributed by atoms with van der Waals surface area (Å²) < 4.78 is 0. The van der Waals surface area contributed by atoms with Gasteiger partial charge in [-0.15, -0.1) is 0 Å². The van der Waals surface area contributed by atoms with E-state index < -0.39 is 0 Å². The van der Waals surface area contributed by atoms with E-state index >= 15 is 0 Å². The van der Waals surface area contributed by atoms with Crippen LogP contribution in [0.1, 0.15) is 0 Å². The monoisotopic (exact) mass is 144 g/mol. The van der Waals surface area contributed by atoms with E-state index in [1.165, 1.54) is 0 Å². The van der Waals surface area contributed by atoms with Crippen molar-refractivity contribution >= 4 is 18.5 Å². The zero-order chi connectivity index (χ0) is 7.11. The number of hydrogen-bond acceptors (Lipinski definition) is 3. The van der Waals surface area contributed by atoms with Crippen LogP contribution in [0.2, 0.25) is 0 Å². The molecular formula is C5H8N2OS. The molecule has 0 aliphatic carbocycles. The maximum absolute atomic E-state index is 10.4. The Morgan fingerprint density at radius 2 is 2.44 bits per heavy atom. The summed E-state index contributed by atoms with van der Waals surface area (Å²) >= 11 is 3.53. The minimum absolute atomic E-state index is 0.338. The number of carbonyl (C=O) groups is 1. The van der Waals surface area contributed by atoms with E-state index in [0.717, 1.165) is 0 Å². The lowest BCUT2D eigenvalue weighted by molar-refractivity contribution is -0.115. The van der Waals surface area contributed by atoms with Gasteiger partial charge in [-0.05, 0) is 5.25 Å². The molecule has 0 rings (SSSR count). The third-order valence-corrected chi connectivity index (χ3v) is 0.711. The van der Waals surface area contributed by atoms with Crippen LogP contribution >= 0.6 is 12.6 Å². The Hall–Kier alpha value is -0.660. The molecule has 0 radical (unpaired) electrons. The highest BCUT2D eigenvalue weighted by atomic mass is 32.1. The highest BCUT2D eigenvalue weighted by molar-refractivity contribution is 7.85. The molecule has 0 saturated carbocycles. The van der Waals surface area contributed by atoms with Crippen LogP contribution in [-0.2, 0) is 4.79 Å². The fourth-order valence-electron chi connectivity index (χ4n) is 0.281. The average Bonchev–Trinajstić information content (AvgIpc) is 1.85. The van der Waals surface area contributed by atoms with Gasteiger partial charge in [-0.3, -0.25) is 4.79 Å². The first kappa shape index (κ1) is 8.34. The SMILES string of the molecule is NCCNC(=O)C#CS. The second-order valence-corrected chi connectivity index (χ2v) is 1.50. The predicted octanol–water partition coefficient (Wildman–Crippen LogP) is -1.05. The molecule has 9 heavy (non-hydrogen) atoms. The first-order chi connectivity index (χ1) is 4.31. The van der Waals surface area contributed by atoms with Crippen LogP contribution in [0.4, 0.5) is 0 Å². The van der Waals surface area contributed by atoms with Crippen molar-refractivity contribution in [1.82, 2.24) is 5.32 Å². The van der Waals surface area contributed by atoms with Crippen molar-refractivity contribution in [2.75, 3.05) is 13.1 Å². The van der Waals surface area contributed by atoms with Gasteiger partial charge >= 0.3 is 0 Å². The molecule has 3 nitrogen and oxygen atoms in total. The molecule has 0 aliphatic rings. The van der Waals surface area contributed by atoms with Gasteiger partial charge in [0.2, 0.25) is 0 Å². The minimum atomic E-state index is -0.338. The molecule has 50 valence electrons. The van der Waals surface area contributed by atoms with Gasteiger partial charge in [-0.25, -0.2) is 0 Å². The molecule has 0 aliphatic heterocycles. The molecule has 0 bridgehead atoms. The number of nitrogens with one attached hydrogen (secondary N) is 1. The summed E-state index contributed by atoms with van der Waals surface area (Å²) in [5.41, 5.74) is 5.09. The molecule has 0 aromatic heterocycles. The maximum Gasteiger partial charge on any atom is 0.296 e. The van der Waals surface area contributed by atoms with Crippen molar-refractivity contribution in [3.05, 3.63) is 0 Å². The largest absolute Gasteiger partial charge is 0.344 e. The van der Waals surface area contributed by atoms with Crippen LogP contribution in [-0.4, -0.2) is 19.0 Å². The van der Waals surface area contributed by atoms with Gasteiger partial charge in [0, 0.05) is 19.0 Å². The molecule has 3 N–H and O–H groups in total. The summed E-state index contributed by atoms with van der Waals surface area (Å²) in [5, 5.41) is 4.61. The fraction of sp³-hybridized carbons (Fsp3) is 0.400. The molecule has 0 atom stereocenters. The zero-order valence-electron chi connectivity index (χ0n) is 4.85. The van der Waals surface area contributed by atoms with E-state index in [-0.39, 0.29) is 5.91 Å².